The second-order valence-electron chi connectivity index (χ2n) is 4.93. The number of amides is 1. The summed E-state index contributed by atoms with van der Waals surface area (Å²) >= 11 is 1.51. The molecule has 0 spiro atoms. The van der Waals surface area contributed by atoms with Crippen LogP contribution in [0.25, 0.3) is 10.1 Å². The minimum Gasteiger partial charge on any atom is -0.480 e. The zero-order valence-electron chi connectivity index (χ0n) is 10.4. The normalized spacial score (nSPS) is 22.3. The maximum absolute atomic E-state index is 12.5. The van der Waals surface area contributed by atoms with Gasteiger partial charge in [-0.1, -0.05) is 18.2 Å². The maximum Gasteiger partial charge on any atom is 0.329 e. The van der Waals surface area contributed by atoms with E-state index in [9.17, 15) is 14.7 Å². The molecule has 1 aromatic heterocycles. The van der Waals surface area contributed by atoms with Gasteiger partial charge in [0.25, 0.3) is 5.91 Å². The molecule has 0 saturated carbocycles. The average Bonchev–Trinajstić information content (AvgIpc) is 2.80. The number of nitrogens with zero attached hydrogens (tertiary/aromatic N) is 1. The van der Waals surface area contributed by atoms with Gasteiger partial charge in [0.1, 0.15) is 5.54 Å². The Bertz CT molecular complexity index is 678. The number of carbonyl (C=O) groups excluding carboxylic acids is 1. The first-order chi connectivity index (χ1) is 9.04. The third kappa shape index (κ3) is 1.65. The van der Waals surface area contributed by atoms with Crippen molar-refractivity contribution in [2.24, 2.45) is 0 Å². The van der Waals surface area contributed by atoms with Crippen molar-refractivity contribution in [2.45, 2.75) is 18.9 Å². The molecule has 5 heteroatoms. The Morgan fingerprint density at radius 1 is 1.37 bits per heavy atom. The quantitative estimate of drug-likeness (QED) is 0.916. The van der Waals surface area contributed by atoms with Crippen LogP contribution in [-0.2, 0) is 4.79 Å². The molecule has 1 aromatic carbocycles. The molecular formula is C14H13NO3S. The zero-order valence-corrected chi connectivity index (χ0v) is 11.2. The van der Waals surface area contributed by atoms with Gasteiger partial charge >= 0.3 is 5.97 Å². The molecule has 1 saturated heterocycles. The molecule has 98 valence electrons. The molecule has 19 heavy (non-hydrogen) atoms. The Morgan fingerprint density at radius 3 is 2.74 bits per heavy atom. The molecule has 0 bridgehead atoms. The topological polar surface area (TPSA) is 57.6 Å². The molecule has 4 nitrogen and oxygen atoms in total. The van der Waals surface area contributed by atoms with Crippen LogP contribution in [0.5, 0.6) is 0 Å². The first-order valence-electron chi connectivity index (χ1n) is 6.05. The number of hydrogen-bond donors (Lipinski definition) is 1. The molecule has 0 radical (unpaired) electrons. The van der Waals surface area contributed by atoms with Crippen LogP contribution in [0.2, 0.25) is 0 Å². The molecule has 3 rings (SSSR count). The van der Waals surface area contributed by atoms with E-state index in [-0.39, 0.29) is 5.91 Å². The van der Waals surface area contributed by atoms with E-state index in [4.69, 9.17) is 0 Å². The molecule has 1 fully saturated rings. The van der Waals surface area contributed by atoms with Gasteiger partial charge in [0, 0.05) is 22.0 Å². The molecule has 1 aliphatic rings. The lowest BCUT2D eigenvalue weighted by Gasteiger charge is -2.47. The lowest BCUT2D eigenvalue weighted by molar-refractivity contribution is -0.155. The predicted molar refractivity (Wildman–Crippen MR) is 73.5 cm³/mol. The highest BCUT2D eigenvalue weighted by atomic mass is 32.1. The Hall–Kier alpha value is -1.88. The summed E-state index contributed by atoms with van der Waals surface area (Å²) in [5.74, 6) is -1.12. The fourth-order valence-electron chi connectivity index (χ4n) is 2.40. The third-order valence-corrected chi connectivity index (χ3v) is 4.80. The van der Waals surface area contributed by atoms with E-state index in [1.54, 1.807) is 6.92 Å². The summed E-state index contributed by atoms with van der Waals surface area (Å²) in [4.78, 5) is 25.2. The van der Waals surface area contributed by atoms with Crippen LogP contribution in [0.4, 0.5) is 0 Å². The molecule has 0 aliphatic carbocycles. The monoisotopic (exact) mass is 275 g/mol. The second kappa shape index (κ2) is 4.06. The van der Waals surface area contributed by atoms with Crippen molar-refractivity contribution in [3.63, 3.8) is 0 Å². The van der Waals surface area contributed by atoms with Crippen LogP contribution in [0.1, 0.15) is 23.7 Å². The van der Waals surface area contributed by atoms with Crippen LogP contribution >= 0.6 is 11.3 Å². The van der Waals surface area contributed by atoms with Crippen molar-refractivity contribution in [3.8, 4) is 0 Å². The minimum atomic E-state index is -1.06. The van der Waals surface area contributed by atoms with Crippen molar-refractivity contribution in [1.82, 2.24) is 4.90 Å². The first kappa shape index (κ1) is 12.2. The average molecular weight is 275 g/mol. The number of aliphatic carboxylic acids is 1. The zero-order chi connectivity index (χ0) is 13.6. The Balaban J connectivity index is 1.99. The lowest BCUT2D eigenvalue weighted by atomic mass is 9.86. The molecular weight excluding hydrogens is 262 g/mol. The second-order valence-corrected chi connectivity index (χ2v) is 5.84. The van der Waals surface area contributed by atoms with Gasteiger partial charge in [0.05, 0.1) is 5.56 Å². The largest absolute Gasteiger partial charge is 0.480 e. The van der Waals surface area contributed by atoms with Crippen molar-refractivity contribution >= 4 is 33.3 Å². The fraction of sp³-hybridized carbons (Fsp3) is 0.286. The van der Waals surface area contributed by atoms with E-state index in [0.29, 0.717) is 18.5 Å². The number of carboxylic acids is 1. The van der Waals surface area contributed by atoms with Gasteiger partial charge in [-0.3, -0.25) is 4.79 Å². The predicted octanol–water partition coefficient (Wildman–Crippen LogP) is 2.59. The van der Waals surface area contributed by atoms with E-state index in [1.165, 1.54) is 16.2 Å². The summed E-state index contributed by atoms with van der Waals surface area (Å²) in [6, 6.07) is 7.68. The van der Waals surface area contributed by atoms with Gasteiger partial charge in [0.15, 0.2) is 0 Å². The van der Waals surface area contributed by atoms with Crippen molar-refractivity contribution in [2.75, 3.05) is 6.54 Å². The Labute approximate surface area is 114 Å². The lowest BCUT2D eigenvalue weighted by Crippen LogP contribution is -2.64. The van der Waals surface area contributed by atoms with Gasteiger partial charge in [-0.15, -0.1) is 11.3 Å². The highest BCUT2D eigenvalue weighted by molar-refractivity contribution is 7.17. The summed E-state index contributed by atoms with van der Waals surface area (Å²) in [7, 11) is 0. The van der Waals surface area contributed by atoms with Crippen molar-refractivity contribution in [1.29, 1.82) is 0 Å². The molecule has 1 N–H and O–H groups in total. The third-order valence-electron chi connectivity index (χ3n) is 3.84. The first-order valence-corrected chi connectivity index (χ1v) is 6.93. The standard InChI is InChI=1S/C14H13NO3S/c1-14(13(17)18)6-7-15(14)12(16)10-8-19-11-5-3-2-4-9(10)11/h2-5,8H,6-7H2,1H3,(H,17,18)/t14-/m1/s1. The summed E-state index contributed by atoms with van der Waals surface area (Å²) in [5, 5.41) is 11.9. The van der Waals surface area contributed by atoms with Crippen LogP contribution in [0, 0.1) is 0 Å². The van der Waals surface area contributed by atoms with Crippen LogP contribution in [0.15, 0.2) is 29.6 Å². The van der Waals surface area contributed by atoms with E-state index in [2.05, 4.69) is 0 Å². The number of likely N-dealkylation sites (tertiary alicyclic amines) is 1. The molecule has 1 atom stereocenters. The number of rotatable bonds is 2. The van der Waals surface area contributed by atoms with Crippen molar-refractivity contribution < 1.29 is 14.7 Å². The molecule has 2 aromatic rings. The highest BCUT2D eigenvalue weighted by Crippen LogP contribution is 2.35. The number of fused-ring (bicyclic) bond motifs is 1. The number of carbonyl (C=O) groups is 2. The Morgan fingerprint density at radius 2 is 2.11 bits per heavy atom. The summed E-state index contributed by atoms with van der Waals surface area (Å²) in [5.41, 5.74) is -0.451. The van der Waals surface area contributed by atoms with Crippen LogP contribution < -0.4 is 0 Å². The summed E-state index contributed by atoms with van der Waals surface area (Å²) in [6.45, 7) is 2.11. The fourth-order valence-corrected chi connectivity index (χ4v) is 3.33. The van der Waals surface area contributed by atoms with Gasteiger partial charge in [-0.2, -0.15) is 0 Å². The van der Waals surface area contributed by atoms with Crippen LogP contribution in [0.3, 0.4) is 0 Å². The van der Waals surface area contributed by atoms with E-state index in [1.807, 2.05) is 29.6 Å². The molecule has 1 amide bonds. The number of carboxylic acid groups (broad SMARTS) is 1. The summed E-state index contributed by atoms with van der Waals surface area (Å²) in [6.07, 6.45) is 0.510. The van der Waals surface area contributed by atoms with Crippen molar-refractivity contribution in [3.05, 3.63) is 35.2 Å². The van der Waals surface area contributed by atoms with Crippen LogP contribution in [-0.4, -0.2) is 34.0 Å². The van der Waals surface area contributed by atoms with Gasteiger partial charge in [-0.05, 0) is 19.4 Å². The number of hydrogen-bond acceptors (Lipinski definition) is 3. The molecule has 2 heterocycles. The van der Waals surface area contributed by atoms with Gasteiger partial charge in [-0.25, -0.2) is 4.79 Å². The number of benzene rings is 1. The van der Waals surface area contributed by atoms with E-state index < -0.39 is 11.5 Å². The summed E-state index contributed by atoms with van der Waals surface area (Å²) < 4.78 is 1.04. The molecule has 1 aliphatic heterocycles. The maximum atomic E-state index is 12.5. The minimum absolute atomic E-state index is 0.186. The van der Waals surface area contributed by atoms with E-state index in [0.717, 1.165) is 10.1 Å². The smallest absolute Gasteiger partial charge is 0.329 e. The Kier molecular flexibility index (Phi) is 2.60. The van der Waals surface area contributed by atoms with E-state index >= 15 is 0 Å². The SMILES string of the molecule is C[C@]1(C(=O)O)CCN1C(=O)c1csc2ccccc12. The van der Waals surface area contributed by atoms with Gasteiger partial charge < -0.3 is 10.0 Å². The molecule has 0 unspecified atom stereocenters. The number of thiophene rings is 1. The van der Waals surface area contributed by atoms with Gasteiger partial charge in [0.2, 0.25) is 0 Å². The highest BCUT2D eigenvalue weighted by Gasteiger charge is 2.50.